The van der Waals surface area contributed by atoms with Crippen molar-refractivity contribution in [2.24, 2.45) is 22.7 Å². The number of aromatic amines is 1. The first-order valence-corrected chi connectivity index (χ1v) is 18.0. The van der Waals surface area contributed by atoms with Crippen molar-refractivity contribution in [3.8, 4) is 0 Å². The highest BCUT2D eigenvalue weighted by Gasteiger charge is 2.39. The summed E-state index contributed by atoms with van der Waals surface area (Å²) in [4.78, 5) is 37.5. The molecule has 0 bridgehead atoms. The first kappa shape index (κ1) is 40.5. The Morgan fingerprint density at radius 2 is 1.62 bits per heavy atom. The van der Waals surface area contributed by atoms with Gasteiger partial charge in [0.15, 0.2) is 5.69 Å². The van der Waals surface area contributed by atoms with Gasteiger partial charge in [-0.2, -0.15) is 0 Å². The Morgan fingerprint density at radius 1 is 0.962 bits per heavy atom. The second-order valence-corrected chi connectivity index (χ2v) is 14.8. The molecule has 2 fully saturated rings. The van der Waals surface area contributed by atoms with Crippen molar-refractivity contribution in [2.45, 2.75) is 111 Å². The van der Waals surface area contributed by atoms with Crippen LogP contribution in [0.15, 0.2) is 77.6 Å². The number of ether oxygens (including phenoxy) is 3. The van der Waals surface area contributed by atoms with Gasteiger partial charge in [0.05, 0.1) is 24.5 Å². The maximum Gasteiger partial charge on any atom is 0.360 e. The molecule has 0 amide bonds. The fourth-order valence-electron chi connectivity index (χ4n) is 5.55. The third-order valence-electron chi connectivity index (χ3n) is 10.0. The number of hydrogen-bond acceptors (Lipinski definition) is 10. The summed E-state index contributed by atoms with van der Waals surface area (Å²) in [6.45, 7) is 14.9. The number of aromatic nitrogens is 3. The van der Waals surface area contributed by atoms with E-state index in [1.54, 1.807) is 37.3 Å². The van der Waals surface area contributed by atoms with Crippen molar-refractivity contribution >= 4 is 24.1 Å². The van der Waals surface area contributed by atoms with Crippen molar-refractivity contribution in [3.63, 3.8) is 0 Å². The molecule has 0 radical (unpaired) electrons. The molecule has 1 unspecified atom stereocenters. The van der Waals surface area contributed by atoms with Gasteiger partial charge in [0.25, 0.3) is 0 Å². The van der Waals surface area contributed by atoms with Crippen LogP contribution in [0, 0.1) is 22.7 Å². The van der Waals surface area contributed by atoms with Crippen LogP contribution in [-0.4, -0.2) is 73.7 Å². The number of rotatable bonds is 19. The second-order valence-electron chi connectivity index (χ2n) is 14.8. The van der Waals surface area contributed by atoms with Gasteiger partial charge in [0.1, 0.15) is 36.1 Å². The van der Waals surface area contributed by atoms with E-state index in [2.05, 4.69) is 27.1 Å². The maximum absolute atomic E-state index is 13.0. The van der Waals surface area contributed by atoms with E-state index in [1.807, 2.05) is 78.8 Å². The second kappa shape index (κ2) is 17.9. The van der Waals surface area contributed by atoms with Gasteiger partial charge in [-0.05, 0) is 58.1 Å². The zero-order valence-corrected chi connectivity index (χ0v) is 31.6. The average Bonchev–Trinajstić information content (AvgIpc) is 3.85. The minimum atomic E-state index is -0.822. The number of oxazole rings is 1. The van der Waals surface area contributed by atoms with Gasteiger partial charge >= 0.3 is 11.9 Å². The molecule has 3 heterocycles. The van der Waals surface area contributed by atoms with E-state index < -0.39 is 47.2 Å². The van der Waals surface area contributed by atoms with Crippen LogP contribution in [0.3, 0.4) is 0 Å². The molecule has 4 rings (SSSR count). The predicted molar refractivity (Wildman–Crippen MR) is 200 cm³/mol. The van der Waals surface area contributed by atoms with E-state index in [1.165, 1.54) is 12.5 Å². The molecule has 1 aliphatic heterocycles. The molecule has 11 nitrogen and oxygen atoms in total. The molecular formula is C41H55N3O8. The van der Waals surface area contributed by atoms with E-state index in [0.717, 1.165) is 6.42 Å². The maximum atomic E-state index is 13.0. The van der Waals surface area contributed by atoms with Gasteiger partial charge in [-0.1, -0.05) is 88.5 Å². The monoisotopic (exact) mass is 717 g/mol. The smallest absolute Gasteiger partial charge is 0.360 e. The summed E-state index contributed by atoms with van der Waals surface area (Å²) >= 11 is 0. The van der Waals surface area contributed by atoms with Crippen LogP contribution in [0.4, 0.5) is 0 Å². The third-order valence-corrected chi connectivity index (χ3v) is 10.0. The van der Waals surface area contributed by atoms with Gasteiger partial charge in [-0.25, -0.2) is 19.6 Å². The fourth-order valence-corrected chi connectivity index (χ4v) is 5.55. The number of hydrogen-bond donors (Lipinski definition) is 3. The normalized spacial score (nSPS) is 23.3. The zero-order chi connectivity index (χ0) is 38.1. The zero-order valence-electron chi connectivity index (χ0n) is 31.6. The lowest BCUT2D eigenvalue weighted by atomic mass is 9.79. The van der Waals surface area contributed by atoms with E-state index in [4.69, 9.17) is 18.6 Å². The van der Waals surface area contributed by atoms with Gasteiger partial charge in [-0.15, -0.1) is 0 Å². The van der Waals surface area contributed by atoms with Crippen molar-refractivity contribution in [1.29, 1.82) is 0 Å². The van der Waals surface area contributed by atoms with Crippen LogP contribution >= 0.6 is 0 Å². The number of H-pyrrole nitrogens is 1. The van der Waals surface area contributed by atoms with Gasteiger partial charge in [0, 0.05) is 23.7 Å². The van der Waals surface area contributed by atoms with Crippen LogP contribution in [0.25, 0.3) is 12.2 Å². The van der Waals surface area contributed by atoms with Crippen LogP contribution in [0.1, 0.15) is 107 Å². The number of epoxide rings is 1. The topological polar surface area (TPSA) is 160 Å². The molecule has 1 aliphatic carbocycles. The average molecular weight is 718 g/mol. The summed E-state index contributed by atoms with van der Waals surface area (Å²) in [5.41, 5.74) is -1.13. The Bertz CT molecular complexity index is 1670. The van der Waals surface area contributed by atoms with Crippen LogP contribution in [0.5, 0.6) is 0 Å². The molecular weight excluding hydrogens is 662 g/mol. The number of nitrogens with one attached hydrogen (secondary N) is 1. The largest absolute Gasteiger partial charge is 0.457 e. The summed E-state index contributed by atoms with van der Waals surface area (Å²) in [5, 5.41) is 21.2. The van der Waals surface area contributed by atoms with Crippen LogP contribution < -0.4 is 0 Å². The van der Waals surface area contributed by atoms with Crippen LogP contribution in [-0.2, 0) is 14.2 Å². The first-order valence-electron chi connectivity index (χ1n) is 18.0. The molecule has 11 heteroatoms. The Kier molecular flexibility index (Phi) is 14.0. The summed E-state index contributed by atoms with van der Waals surface area (Å²) in [5.74, 6) is 0.404. The quantitative estimate of drug-likeness (QED) is 0.0577. The molecule has 2 aromatic heterocycles. The number of carbonyl (C=O) groups is 2. The summed E-state index contributed by atoms with van der Waals surface area (Å²) in [6.07, 6.45) is 24.9. The minimum Gasteiger partial charge on any atom is -0.457 e. The summed E-state index contributed by atoms with van der Waals surface area (Å²) < 4.78 is 22.5. The lowest BCUT2D eigenvalue weighted by Gasteiger charge is -2.36. The number of esters is 2. The SMILES string of the molecule is C/C=C\c1nc(C(=O)O[C@@H](C/C=C\C2C[C@@H]2/C=C/C=C\c2ncc(C(=O)O[C@@H](C/C=C\[C@H]3O[C@H]3C)C(C)(C)[C@H](C)O)[nH]2)C(C)(C)[C@@H](O)/C=C/C)co1. The molecule has 0 spiro atoms. The lowest BCUT2D eigenvalue weighted by molar-refractivity contribution is -0.0546. The number of imidazole rings is 1. The molecule has 1 saturated carbocycles. The first-order chi connectivity index (χ1) is 24.7. The highest BCUT2D eigenvalue weighted by atomic mass is 16.6. The van der Waals surface area contributed by atoms with E-state index in [0.29, 0.717) is 36.4 Å². The number of nitrogens with zero attached hydrogens (tertiary/aromatic N) is 2. The van der Waals surface area contributed by atoms with Crippen molar-refractivity contribution in [3.05, 3.63) is 96.3 Å². The molecule has 0 aromatic carbocycles. The highest BCUT2D eigenvalue weighted by Crippen LogP contribution is 2.41. The number of carbonyl (C=O) groups excluding carboxylic acids is 2. The standard InChI is InChI=1S/C41H55N3O8/c1-9-15-33(46)41(7,8)35(52-39(48)31-25-49-37(44-31)16-10-2)20-13-18-29-23-28(29)17-11-12-22-36-42-24-30(43-36)38(47)51-34(40(5,6)27(4)45)21-14-19-32-26(3)50-32/h9-19,22,24-29,32-35,45-46H,20-21,23H2,1-8H3,(H,42,43)/b15-9+,16-10-,17-11+,18-13-,19-14-,22-12-/t26-,27-,28-,29?,32+,33-,34-,35-/m0/s1. The van der Waals surface area contributed by atoms with Crippen molar-refractivity contribution in [1.82, 2.24) is 15.0 Å². The third kappa shape index (κ3) is 11.1. The molecule has 1 saturated heterocycles. The van der Waals surface area contributed by atoms with Crippen molar-refractivity contribution < 1.29 is 38.4 Å². The predicted octanol–water partition coefficient (Wildman–Crippen LogP) is 7.44. The number of aliphatic hydroxyl groups excluding tert-OH is 2. The van der Waals surface area contributed by atoms with E-state index >= 15 is 0 Å². The summed E-state index contributed by atoms with van der Waals surface area (Å²) in [7, 11) is 0. The Morgan fingerprint density at radius 3 is 2.27 bits per heavy atom. The molecule has 8 atom stereocenters. The van der Waals surface area contributed by atoms with E-state index in [9.17, 15) is 19.8 Å². The number of aliphatic hydroxyl groups is 2. The number of allylic oxidation sites excluding steroid dienone is 6. The minimum absolute atomic E-state index is 0.0768. The van der Waals surface area contributed by atoms with Crippen molar-refractivity contribution in [2.75, 3.05) is 0 Å². The lowest BCUT2D eigenvalue weighted by Crippen LogP contribution is -2.42. The molecule has 52 heavy (non-hydrogen) atoms. The van der Waals surface area contributed by atoms with Crippen LogP contribution in [0.2, 0.25) is 0 Å². The van der Waals surface area contributed by atoms with E-state index in [-0.39, 0.29) is 23.6 Å². The molecule has 282 valence electrons. The fraction of sp³-hybridized carbons (Fsp3) is 0.512. The van der Waals surface area contributed by atoms with Gasteiger partial charge in [-0.3, -0.25) is 0 Å². The summed E-state index contributed by atoms with van der Waals surface area (Å²) in [6, 6.07) is 0. The Hall–Kier alpha value is -4.32. The molecule has 2 aliphatic rings. The molecule has 2 aromatic rings. The molecule has 3 N–H and O–H groups in total. The van der Waals surface area contributed by atoms with Gasteiger partial charge in [0.2, 0.25) is 5.89 Å². The van der Waals surface area contributed by atoms with Gasteiger partial charge < -0.3 is 33.8 Å². The Balaban J connectivity index is 1.29. The highest BCUT2D eigenvalue weighted by molar-refractivity contribution is 5.88. The Labute approximate surface area is 307 Å².